The Morgan fingerprint density at radius 1 is 1.09 bits per heavy atom. The quantitative estimate of drug-likeness (QED) is 0.492. The topological polar surface area (TPSA) is 105 Å². The van der Waals surface area contributed by atoms with E-state index in [2.05, 4.69) is 5.32 Å². The predicted octanol–water partition coefficient (Wildman–Crippen LogP) is 3.43. The van der Waals surface area contributed by atoms with Gasteiger partial charge in [0.1, 0.15) is 12.6 Å². The number of amides is 2. The van der Waals surface area contributed by atoms with Crippen LogP contribution in [0.3, 0.4) is 0 Å². The van der Waals surface area contributed by atoms with E-state index in [9.17, 15) is 18.0 Å². The molecule has 9 nitrogen and oxygen atoms in total. The average Bonchev–Trinajstić information content (AvgIpc) is 3.28. The lowest BCUT2D eigenvalue weighted by atomic mass is 10.1. The number of carbonyl (C=O) groups excluding carboxylic acids is 2. The highest BCUT2D eigenvalue weighted by atomic mass is 35.5. The molecule has 2 aromatic carbocycles. The molecule has 35 heavy (non-hydrogen) atoms. The van der Waals surface area contributed by atoms with E-state index in [0.29, 0.717) is 33.7 Å². The standard InChI is InChI=1S/C23H27Cl2N3O6S/c1-4-9-26-23(30)15(2)27(12-16-5-7-18(24)19(25)10-16)22(29)13-28(35(3,31)32)17-6-8-20-21(11-17)34-14-33-20/h5-8,10-11,15H,4,9,12-14H2,1-3H3,(H,26,30). The van der Waals surface area contributed by atoms with Crippen LogP contribution in [0, 0.1) is 0 Å². The monoisotopic (exact) mass is 543 g/mol. The minimum atomic E-state index is -3.86. The van der Waals surface area contributed by atoms with Gasteiger partial charge in [-0.15, -0.1) is 0 Å². The van der Waals surface area contributed by atoms with Gasteiger partial charge in [-0.05, 0) is 43.2 Å². The van der Waals surface area contributed by atoms with Gasteiger partial charge in [0.25, 0.3) is 0 Å². The molecule has 1 N–H and O–H groups in total. The summed E-state index contributed by atoms with van der Waals surface area (Å²) in [6.07, 6.45) is 1.73. The first-order chi connectivity index (χ1) is 16.5. The lowest BCUT2D eigenvalue weighted by Crippen LogP contribution is -2.51. The van der Waals surface area contributed by atoms with E-state index < -0.39 is 28.5 Å². The highest BCUT2D eigenvalue weighted by Gasteiger charge is 2.30. The van der Waals surface area contributed by atoms with Crippen molar-refractivity contribution in [3.05, 3.63) is 52.0 Å². The van der Waals surface area contributed by atoms with E-state index >= 15 is 0 Å². The largest absolute Gasteiger partial charge is 0.454 e. The summed E-state index contributed by atoms with van der Waals surface area (Å²) in [6.45, 7) is 3.48. The molecule has 0 aromatic heterocycles. The van der Waals surface area contributed by atoms with E-state index in [1.54, 1.807) is 31.2 Å². The average molecular weight is 544 g/mol. The number of ether oxygens (including phenoxy) is 2. The molecule has 1 unspecified atom stereocenters. The van der Waals surface area contributed by atoms with Crippen molar-refractivity contribution in [3.63, 3.8) is 0 Å². The van der Waals surface area contributed by atoms with E-state index in [1.165, 1.54) is 17.0 Å². The number of hydrogen-bond acceptors (Lipinski definition) is 6. The van der Waals surface area contributed by atoms with Gasteiger partial charge in [0.2, 0.25) is 28.6 Å². The van der Waals surface area contributed by atoms with Crippen LogP contribution in [0.1, 0.15) is 25.8 Å². The van der Waals surface area contributed by atoms with Crippen molar-refractivity contribution in [2.75, 3.05) is 30.4 Å². The maximum Gasteiger partial charge on any atom is 0.244 e. The van der Waals surface area contributed by atoms with Gasteiger partial charge in [0.05, 0.1) is 22.0 Å². The van der Waals surface area contributed by atoms with E-state index in [-0.39, 0.29) is 24.9 Å². The zero-order chi connectivity index (χ0) is 25.8. The molecule has 0 saturated carbocycles. The lowest BCUT2D eigenvalue weighted by Gasteiger charge is -2.31. The number of halogens is 2. The van der Waals surface area contributed by atoms with Crippen molar-refractivity contribution in [2.45, 2.75) is 32.9 Å². The molecule has 2 aromatic rings. The van der Waals surface area contributed by atoms with Crippen LogP contribution in [0.15, 0.2) is 36.4 Å². The van der Waals surface area contributed by atoms with Gasteiger partial charge in [-0.2, -0.15) is 0 Å². The number of fused-ring (bicyclic) bond motifs is 1. The lowest BCUT2D eigenvalue weighted by molar-refractivity contribution is -0.139. The molecule has 0 fully saturated rings. The Morgan fingerprint density at radius 2 is 1.80 bits per heavy atom. The maximum absolute atomic E-state index is 13.5. The summed E-state index contributed by atoms with van der Waals surface area (Å²) in [5.74, 6) is -0.0629. The van der Waals surface area contributed by atoms with Crippen LogP contribution < -0.4 is 19.1 Å². The van der Waals surface area contributed by atoms with Gasteiger partial charge < -0.3 is 19.7 Å². The number of anilines is 1. The van der Waals surface area contributed by atoms with Gasteiger partial charge in [-0.1, -0.05) is 36.2 Å². The summed E-state index contributed by atoms with van der Waals surface area (Å²) in [4.78, 5) is 27.5. The number of sulfonamides is 1. The van der Waals surface area contributed by atoms with E-state index in [4.69, 9.17) is 32.7 Å². The van der Waals surface area contributed by atoms with Crippen LogP contribution in [-0.4, -0.2) is 57.3 Å². The van der Waals surface area contributed by atoms with Crippen molar-refractivity contribution in [3.8, 4) is 11.5 Å². The SMILES string of the molecule is CCCNC(=O)C(C)N(Cc1ccc(Cl)c(Cl)c1)C(=O)CN(c1ccc2c(c1)OCO2)S(C)(=O)=O. The molecule has 0 saturated heterocycles. The molecule has 1 heterocycles. The number of carbonyl (C=O) groups is 2. The molecule has 190 valence electrons. The first-order valence-corrected chi connectivity index (χ1v) is 13.5. The second-order valence-corrected chi connectivity index (χ2v) is 10.8. The van der Waals surface area contributed by atoms with E-state index in [1.807, 2.05) is 6.92 Å². The first-order valence-electron chi connectivity index (χ1n) is 10.9. The Kier molecular flexibility index (Phi) is 8.74. The Balaban J connectivity index is 1.91. The second-order valence-electron chi connectivity index (χ2n) is 8.04. The Hall–Kier alpha value is -2.69. The third kappa shape index (κ3) is 6.71. The maximum atomic E-state index is 13.5. The summed E-state index contributed by atoms with van der Waals surface area (Å²) in [7, 11) is -3.86. The fourth-order valence-corrected chi connectivity index (χ4v) is 4.63. The molecule has 1 aliphatic heterocycles. The molecule has 1 aliphatic rings. The van der Waals surface area contributed by atoms with Crippen molar-refractivity contribution < 1.29 is 27.5 Å². The van der Waals surface area contributed by atoms with Crippen LogP contribution in [-0.2, 0) is 26.2 Å². The molecule has 1 atom stereocenters. The highest BCUT2D eigenvalue weighted by molar-refractivity contribution is 7.92. The fraction of sp³-hybridized carbons (Fsp3) is 0.391. The fourth-order valence-electron chi connectivity index (χ4n) is 3.47. The number of benzene rings is 2. The van der Waals surface area contributed by atoms with Gasteiger partial charge in [0, 0.05) is 19.2 Å². The van der Waals surface area contributed by atoms with Crippen LogP contribution in [0.2, 0.25) is 10.0 Å². The Bertz CT molecular complexity index is 1210. The van der Waals surface area contributed by atoms with Crippen molar-refractivity contribution in [2.24, 2.45) is 0 Å². The second kappa shape index (κ2) is 11.4. The molecule has 0 bridgehead atoms. The number of nitrogens with one attached hydrogen (secondary N) is 1. The third-order valence-corrected chi connectivity index (χ3v) is 7.26. The van der Waals surface area contributed by atoms with Crippen molar-refractivity contribution >= 4 is 50.7 Å². The van der Waals surface area contributed by atoms with Gasteiger partial charge in [0.15, 0.2) is 11.5 Å². The van der Waals surface area contributed by atoms with E-state index in [0.717, 1.165) is 17.0 Å². The van der Waals surface area contributed by atoms with Gasteiger partial charge >= 0.3 is 0 Å². The molecule has 0 radical (unpaired) electrons. The smallest absolute Gasteiger partial charge is 0.244 e. The van der Waals surface area contributed by atoms with Crippen LogP contribution in [0.4, 0.5) is 5.69 Å². The summed E-state index contributed by atoms with van der Waals surface area (Å²) in [6, 6.07) is 8.62. The van der Waals surface area contributed by atoms with Crippen molar-refractivity contribution in [1.29, 1.82) is 0 Å². The number of hydrogen-bond donors (Lipinski definition) is 1. The molecule has 3 rings (SSSR count). The third-order valence-electron chi connectivity index (χ3n) is 5.38. The minimum absolute atomic E-state index is 0.0230. The Labute approximate surface area is 214 Å². The molecule has 0 aliphatic carbocycles. The van der Waals surface area contributed by atoms with Crippen LogP contribution >= 0.6 is 23.2 Å². The van der Waals surface area contributed by atoms with Gasteiger partial charge in [-0.25, -0.2) is 8.42 Å². The number of rotatable bonds is 10. The Morgan fingerprint density at radius 3 is 2.46 bits per heavy atom. The molecule has 2 amide bonds. The minimum Gasteiger partial charge on any atom is -0.454 e. The zero-order valence-corrected chi connectivity index (χ0v) is 21.9. The predicted molar refractivity (Wildman–Crippen MR) is 135 cm³/mol. The molecule has 0 spiro atoms. The van der Waals surface area contributed by atoms with Gasteiger partial charge in [-0.3, -0.25) is 13.9 Å². The molecule has 12 heteroatoms. The molecular formula is C23H27Cl2N3O6S. The summed E-state index contributed by atoms with van der Waals surface area (Å²) in [5.41, 5.74) is 0.875. The summed E-state index contributed by atoms with van der Waals surface area (Å²) >= 11 is 12.1. The first kappa shape index (κ1) is 26.9. The normalized spacial score (nSPS) is 13.3. The molecular weight excluding hydrogens is 517 g/mol. The summed E-state index contributed by atoms with van der Waals surface area (Å²) in [5, 5.41) is 3.43. The van der Waals surface area contributed by atoms with Crippen LogP contribution in [0.25, 0.3) is 0 Å². The van der Waals surface area contributed by atoms with Crippen LogP contribution in [0.5, 0.6) is 11.5 Å². The number of nitrogens with zero attached hydrogens (tertiary/aromatic N) is 2. The zero-order valence-electron chi connectivity index (χ0n) is 19.6. The van der Waals surface area contributed by atoms with Crippen molar-refractivity contribution in [1.82, 2.24) is 10.2 Å². The highest BCUT2D eigenvalue weighted by Crippen LogP contribution is 2.36. The summed E-state index contributed by atoms with van der Waals surface area (Å²) < 4.78 is 36.9.